The number of hydrogen-bond acceptors (Lipinski definition) is 5. The Balaban J connectivity index is 2.04. The van der Waals surface area contributed by atoms with Gasteiger partial charge in [0.2, 0.25) is 0 Å². The zero-order chi connectivity index (χ0) is 19.5. The van der Waals surface area contributed by atoms with Crippen molar-refractivity contribution in [3.8, 4) is 11.5 Å². The summed E-state index contributed by atoms with van der Waals surface area (Å²) >= 11 is 0. The smallest absolute Gasteiger partial charge is 0.273 e. The number of benzene rings is 2. The molecule has 0 heterocycles. The molecule has 6 nitrogen and oxygen atoms in total. The third-order valence-corrected chi connectivity index (χ3v) is 3.66. The van der Waals surface area contributed by atoms with Crippen molar-refractivity contribution in [3.63, 3.8) is 0 Å². The van der Waals surface area contributed by atoms with Crippen molar-refractivity contribution in [3.05, 3.63) is 59.7 Å². The van der Waals surface area contributed by atoms with Gasteiger partial charge in [-0.15, -0.1) is 0 Å². The predicted octanol–water partition coefficient (Wildman–Crippen LogP) is 3.45. The molecule has 0 radical (unpaired) electrons. The number of hydrogen-bond donors (Lipinski definition) is 2. The molecule has 0 aliphatic carbocycles. The lowest BCUT2D eigenvalue weighted by Crippen LogP contribution is -2.25. The van der Waals surface area contributed by atoms with E-state index in [1.807, 2.05) is 38.1 Å². The standard InChI is InChI=1S/C21H26N2O4/c1-3-12-26-18-11-10-17(19(14-18)27-13-4-2)15-22-23-21(25)20(24)16-8-6-5-7-9-16/h5-11,14-15,20,24H,3-4,12-13H2,1-2H3,(H,23,25). The second-order valence-corrected chi connectivity index (χ2v) is 5.94. The number of carbonyl (C=O) groups excluding carboxylic acids is 1. The van der Waals surface area contributed by atoms with Crippen LogP contribution >= 0.6 is 0 Å². The van der Waals surface area contributed by atoms with E-state index in [2.05, 4.69) is 10.5 Å². The van der Waals surface area contributed by atoms with Crippen molar-refractivity contribution in [1.29, 1.82) is 0 Å². The van der Waals surface area contributed by atoms with E-state index in [-0.39, 0.29) is 0 Å². The average molecular weight is 370 g/mol. The van der Waals surface area contributed by atoms with Gasteiger partial charge in [0.25, 0.3) is 5.91 Å². The zero-order valence-corrected chi connectivity index (χ0v) is 15.7. The summed E-state index contributed by atoms with van der Waals surface area (Å²) in [5.41, 5.74) is 3.57. The molecule has 1 unspecified atom stereocenters. The van der Waals surface area contributed by atoms with E-state index in [0.29, 0.717) is 30.1 Å². The van der Waals surface area contributed by atoms with Gasteiger partial charge in [-0.25, -0.2) is 5.43 Å². The molecular weight excluding hydrogens is 344 g/mol. The molecule has 6 heteroatoms. The highest BCUT2D eigenvalue weighted by Gasteiger charge is 2.16. The van der Waals surface area contributed by atoms with Crippen LogP contribution < -0.4 is 14.9 Å². The number of nitrogens with zero attached hydrogens (tertiary/aromatic N) is 1. The minimum Gasteiger partial charge on any atom is -0.493 e. The Labute approximate surface area is 159 Å². The normalized spacial score (nSPS) is 12.0. The average Bonchev–Trinajstić information content (AvgIpc) is 2.71. The monoisotopic (exact) mass is 370 g/mol. The van der Waals surface area contributed by atoms with Crippen molar-refractivity contribution < 1.29 is 19.4 Å². The van der Waals surface area contributed by atoms with Crippen LogP contribution in [-0.2, 0) is 4.79 Å². The van der Waals surface area contributed by atoms with Crippen molar-refractivity contribution in [1.82, 2.24) is 5.43 Å². The van der Waals surface area contributed by atoms with E-state index in [1.54, 1.807) is 24.3 Å². The molecule has 0 saturated carbocycles. The molecular formula is C21H26N2O4. The molecule has 0 aliphatic rings. The summed E-state index contributed by atoms with van der Waals surface area (Å²) in [7, 11) is 0. The molecule has 2 N–H and O–H groups in total. The molecule has 2 aromatic carbocycles. The molecule has 1 amide bonds. The van der Waals surface area contributed by atoms with Gasteiger partial charge >= 0.3 is 0 Å². The maximum atomic E-state index is 12.0. The first-order valence-electron chi connectivity index (χ1n) is 9.11. The van der Waals surface area contributed by atoms with Crippen LogP contribution in [0.2, 0.25) is 0 Å². The second-order valence-electron chi connectivity index (χ2n) is 5.94. The third-order valence-electron chi connectivity index (χ3n) is 3.66. The first-order chi connectivity index (χ1) is 13.2. The van der Waals surface area contributed by atoms with Gasteiger partial charge in [-0.05, 0) is 30.5 Å². The molecule has 144 valence electrons. The van der Waals surface area contributed by atoms with Gasteiger partial charge in [0.05, 0.1) is 19.4 Å². The number of hydrazone groups is 1. The fraction of sp³-hybridized carbons (Fsp3) is 0.333. The number of amides is 1. The van der Waals surface area contributed by atoms with Crippen LogP contribution in [0, 0.1) is 0 Å². The van der Waals surface area contributed by atoms with Crippen molar-refractivity contribution in [2.24, 2.45) is 5.10 Å². The van der Waals surface area contributed by atoms with Gasteiger partial charge in [0.1, 0.15) is 11.5 Å². The molecule has 0 spiro atoms. The summed E-state index contributed by atoms with van der Waals surface area (Å²) < 4.78 is 11.4. The fourth-order valence-corrected chi connectivity index (χ4v) is 2.28. The Hall–Kier alpha value is -2.86. The molecule has 2 rings (SSSR count). The Morgan fingerprint density at radius 1 is 1.11 bits per heavy atom. The minimum absolute atomic E-state index is 0.509. The highest BCUT2D eigenvalue weighted by molar-refractivity contribution is 5.87. The minimum atomic E-state index is -1.27. The van der Waals surface area contributed by atoms with E-state index < -0.39 is 12.0 Å². The van der Waals surface area contributed by atoms with Gasteiger partial charge in [0, 0.05) is 11.6 Å². The van der Waals surface area contributed by atoms with E-state index in [9.17, 15) is 9.90 Å². The lowest BCUT2D eigenvalue weighted by molar-refractivity contribution is -0.129. The highest BCUT2D eigenvalue weighted by Crippen LogP contribution is 2.24. The molecule has 0 saturated heterocycles. The molecule has 1 atom stereocenters. The number of nitrogens with one attached hydrogen (secondary N) is 1. The Bertz CT molecular complexity index is 747. The molecule has 0 bridgehead atoms. The van der Waals surface area contributed by atoms with Crippen molar-refractivity contribution in [2.45, 2.75) is 32.8 Å². The molecule has 0 fully saturated rings. The number of ether oxygens (including phenoxy) is 2. The quantitative estimate of drug-likeness (QED) is 0.496. The van der Waals surface area contributed by atoms with Gasteiger partial charge in [-0.2, -0.15) is 5.10 Å². The highest BCUT2D eigenvalue weighted by atomic mass is 16.5. The summed E-state index contributed by atoms with van der Waals surface area (Å²) in [5, 5.41) is 14.0. The van der Waals surface area contributed by atoms with Crippen LogP contribution in [0.3, 0.4) is 0 Å². The summed E-state index contributed by atoms with van der Waals surface area (Å²) in [4.78, 5) is 12.0. The lowest BCUT2D eigenvalue weighted by atomic mass is 10.1. The first kappa shape index (κ1) is 20.5. The van der Waals surface area contributed by atoms with Crippen molar-refractivity contribution in [2.75, 3.05) is 13.2 Å². The van der Waals surface area contributed by atoms with Gasteiger partial charge in [-0.3, -0.25) is 4.79 Å². The van der Waals surface area contributed by atoms with Crippen LogP contribution in [0.25, 0.3) is 0 Å². The van der Waals surface area contributed by atoms with E-state index in [0.717, 1.165) is 18.6 Å². The number of carbonyl (C=O) groups is 1. The predicted molar refractivity (Wildman–Crippen MR) is 105 cm³/mol. The van der Waals surface area contributed by atoms with Crippen LogP contribution in [0.5, 0.6) is 11.5 Å². The van der Waals surface area contributed by atoms with E-state index >= 15 is 0 Å². The van der Waals surface area contributed by atoms with Crippen LogP contribution in [0.1, 0.15) is 43.9 Å². The molecule has 0 aromatic heterocycles. The lowest BCUT2D eigenvalue weighted by Gasteiger charge is -2.11. The fourth-order valence-electron chi connectivity index (χ4n) is 2.28. The van der Waals surface area contributed by atoms with Crippen LogP contribution in [0.15, 0.2) is 53.6 Å². The summed E-state index contributed by atoms with van der Waals surface area (Å²) in [5.74, 6) is 0.757. The van der Waals surface area contributed by atoms with E-state index in [1.165, 1.54) is 6.21 Å². The van der Waals surface area contributed by atoms with Gasteiger partial charge < -0.3 is 14.6 Å². The zero-order valence-electron chi connectivity index (χ0n) is 15.7. The maximum Gasteiger partial charge on any atom is 0.273 e. The Morgan fingerprint density at radius 3 is 2.52 bits per heavy atom. The van der Waals surface area contributed by atoms with Gasteiger partial charge in [-0.1, -0.05) is 44.2 Å². The molecule has 2 aromatic rings. The van der Waals surface area contributed by atoms with Crippen molar-refractivity contribution >= 4 is 12.1 Å². The Morgan fingerprint density at radius 2 is 1.81 bits per heavy atom. The summed E-state index contributed by atoms with van der Waals surface area (Å²) in [6.07, 6.45) is 2.01. The summed E-state index contributed by atoms with van der Waals surface area (Å²) in [6.45, 7) is 5.27. The van der Waals surface area contributed by atoms with E-state index in [4.69, 9.17) is 9.47 Å². The van der Waals surface area contributed by atoms with Crippen LogP contribution in [-0.4, -0.2) is 30.4 Å². The second kappa shape index (κ2) is 11.0. The number of aliphatic hydroxyl groups is 1. The maximum absolute atomic E-state index is 12.0. The topological polar surface area (TPSA) is 80.2 Å². The third kappa shape index (κ3) is 6.42. The first-order valence-corrected chi connectivity index (χ1v) is 9.11. The van der Waals surface area contributed by atoms with Gasteiger partial charge in [0.15, 0.2) is 6.10 Å². The number of aliphatic hydroxyl groups excluding tert-OH is 1. The SMILES string of the molecule is CCCOc1ccc(C=NNC(=O)C(O)c2ccccc2)c(OCCC)c1. The number of rotatable bonds is 10. The Kier molecular flexibility index (Phi) is 8.32. The molecule has 0 aliphatic heterocycles. The summed E-state index contributed by atoms with van der Waals surface area (Å²) in [6, 6.07) is 14.2. The molecule has 27 heavy (non-hydrogen) atoms. The van der Waals surface area contributed by atoms with Crippen LogP contribution in [0.4, 0.5) is 0 Å². The largest absolute Gasteiger partial charge is 0.493 e.